The number of halogens is 2. The largest absolute Gasteiger partial charge is 0.389 e. The van der Waals surface area contributed by atoms with Crippen LogP contribution in [0.2, 0.25) is 0 Å². The van der Waals surface area contributed by atoms with Gasteiger partial charge in [-0.25, -0.2) is 4.39 Å². The van der Waals surface area contributed by atoms with Crippen molar-refractivity contribution in [3.05, 3.63) is 34.1 Å². The van der Waals surface area contributed by atoms with Crippen LogP contribution < -0.4 is 0 Å². The third kappa shape index (κ3) is 2.94. The average Bonchev–Trinajstić information content (AvgIpc) is 2.29. The highest BCUT2D eigenvalue weighted by Gasteiger charge is 2.38. The topological polar surface area (TPSA) is 20.2 Å². The summed E-state index contributed by atoms with van der Waals surface area (Å²) >= 11 is 3.20. The number of benzene rings is 1. The predicted octanol–water partition coefficient (Wildman–Crippen LogP) is 4.32. The lowest BCUT2D eigenvalue weighted by Crippen LogP contribution is -2.43. The van der Waals surface area contributed by atoms with Crippen LogP contribution in [-0.2, 0) is 6.42 Å². The molecule has 1 aliphatic rings. The Balaban J connectivity index is 2.17. The van der Waals surface area contributed by atoms with Gasteiger partial charge in [0.25, 0.3) is 0 Å². The summed E-state index contributed by atoms with van der Waals surface area (Å²) in [4.78, 5) is 0. The van der Waals surface area contributed by atoms with Crippen molar-refractivity contribution in [2.45, 2.75) is 45.1 Å². The van der Waals surface area contributed by atoms with Crippen molar-refractivity contribution in [3.63, 3.8) is 0 Å². The molecule has 3 atom stereocenters. The molecule has 0 bridgehead atoms. The minimum Gasteiger partial charge on any atom is -0.389 e. The molecule has 100 valence electrons. The summed E-state index contributed by atoms with van der Waals surface area (Å²) in [7, 11) is 0. The fourth-order valence-electron chi connectivity index (χ4n) is 2.96. The molecule has 0 amide bonds. The summed E-state index contributed by atoms with van der Waals surface area (Å²) in [6.45, 7) is 4.31. The van der Waals surface area contributed by atoms with Gasteiger partial charge >= 0.3 is 0 Å². The van der Waals surface area contributed by atoms with Crippen LogP contribution in [0.1, 0.15) is 38.7 Å². The van der Waals surface area contributed by atoms with Crippen molar-refractivity contribution in [3.8, 4) is 0 Å². The van der Waals surface area contributed by atoms with Crippen LogP contribution in [0.5, 0.6) is 0 Å². The Morgan fingerprint density at radius 1 is 1.39 bits per heavy atom. The van der Waals surface area contributed by atoms with E-state index in [4.69, 9.17) is 0 Å². The first kappa shape index (κ1) is 14.0. The summed E-state index contributed by atoms with van der Waals surface area (Å²) in [5.41, 5.74) is 0.348. The first-order valence-electron chi connectivity index (χ1n) is 6.57. The van der Waals surface area contributed by atoms with Gasteiger partial charge in [-0.1, -0.05) is 26.3 Å². The Morgan fingerprint density at radius 3 is 2.78 bits per heavy atom. The van der Waals surface area contributed by atoms with E-state index < -0.39 is 5.60 Å². The maximum atomic E-state index is 13.2. The molecule has 1 nitrogen and oxygen atoms in total. The fraction of sp³-hybridized carbons (Fsp3) is 0.600. The molecule has 0 saturated heterocycles. The van der Waals surface area contributed by atoms with E-state index in [1.165, 1.54) is 12.5 Å². The van der Waals surface area contributed by atoms with Gasteiger partial charge in [-0.3, -0.25) is 0 Å². The van der Waals surface area contributed by atoms with E-state index in [9.17, 15) is 9.50 Å². The number of rotatable bonds is 2. The van der Waals surface area contributed by atoms with Gasteiger partial charge in [0.1, 0.15) is 5.82 Å². The van der Waals surface area contributed by atoms with E-state index in [0.717, 1.165) is 18.4 Å². The summed E-state index contributed by atoms with van der Waals surface area (Å²) in [5.74, 6) is 0.614. The molecule has 18 heavy (non-hydrogen) atoms. The summed E-state index contributed by atoms with van der Waals surface area (Å²) < 4.78 is 13.7. The summed E-state index contributed by atoms with van der Waals surface area (Å²) in [6.07, 6.45) is 3.71. The average molecular weight is 315 g/mol. The second-order valence-electron chi connectivity index (χ2n) is 5.82. The highest BCUT2D eigenvalue weighted by Crippen LogP contribution is 2.39. The van der Waals surface area contributed by atoms with Gasteiger partial charge in [-0.05, 0) is 58.3 Å². The Labute approximate surface area is 117 Å². The maximum absolute atomic E-state index is 13.2. The number of hydrogen-bond acceptors (Lipinski definition) is 1. The van der Waals surface area contributed by atoms with Crippen molar-refractivity contribution in [1.82, 2.24) is 0 Å². The standard InChI is InChI=1S/C15H20BrFO/c1-10-3-4-11(2)15(18,8-10)9-12-5-6-14(17)13(16)7-12/h5-7,10-11,18H,3-4,8-9H2,1-2H3. The molecule has 1 aromatic rings. The normalized spacial score (nSPS) is 32.5. The highest BCUT2D eigenvalue weighted by molar-refractivity contribution is 9.10. The van der Waals surface area contributed by atoms with Crippen molar-refractivity contribution in [2.24, 2.45) is 11.8 Å². The second kappa shape index (κ2) is 5.30. The van der Waals surface area contributed by atoms with Gasteiger partial charge in [0.2, 0.25) is 0 Å². The van der Waals surface area contributed by atoms with Crippen LogP contribution in [0.4, 0.5) is 4.39 Å². The van der Waals surface area contributed by atoms with E-state index in [-0.39, 0.29) is 5.82 Å². The molecule has 1 aromatic carbocycles. The van der Waals surface area contributed by atoms with Gasteiger partial charge < -0.3 is 5.11 Å². The smallest absolute Gasteiger partial charge is 0.137 e. The van der Waals surface area contributed by atoms with Crippen LogP contribution in [0.15, 0.2) is 22.7 Å². The van der Waals surface area contributed by atoms with Crippen molar-refractivity contribution in [1.29, 1.82) is 0 Å². The van der Waals surface area contributed by atoms with Gasteiger partial charge in [0.15, 0.2) is 0 Å². The van der Waals surface area contributed by atoms with Gasteiger partial charge in [-0.2, -0.15) is 0 Å². The van der Waals surface area contributed by atoms with Crippen LogP contribution >= 0.6 is 15.9 Å². The highest BCUT2D eigenvalue weighted by atomic mass is 79.9. The number of aliphatic hydroxyl groups is 1. The second-order valence-corrected chi connectivity index (χ2v) is 6.67. The molecule has 3 unspecified atom stereocenters. The van der Waals surface area contributed by atoms with Crippen molar-refractivity contribution < 1.29 is 9.50 Å². The molecule has 1 saturated carbocycles. The third-order valence-electron chi connectivity index (χ3n) is 4.21. The molecular weight excluding hydrogens is 295 g/mol. The lowest BCUT2D eigenvalue weighted by Gasteiger charge is -2.41. The van der Waals surface area contributed by atoms with E-state index in [1.54, 1.807) is 12.1 Å². The quantitative estimate of drug-likeness (QED) is 0.862. The Kier molecular flexibility index (Phi) is 4.12. The Bertz CT molecular complexity index is 435. The zero-order valence-electron chi connectivity index (χ0n) is 10.9. The third-order valence-corrected chi connectivity index (χ3v) is 4.81. The first-order valence-corrected chi connectivity index (χ1v) is 7.36. The Hall–Kier alpha value is -0.410. The lowest BCUT2D eigenvalue weighted by molar-refractivity contribution is -0.0560. The molecule has 3 heteroatoms. The van der Waals surface area contributed by atoms with Crippen LogP contribution in [-0.4, -0.2) is 10.7 Å². The summed E-state index contributed by atoms with van der Waals surface area (Å²) in [5, 5.41) is 10.8. The minimum absolute atomic E-state index is 0.254. The molecule has 0 spiro atoms. The van der Waals surface area contributed by atoms with Crippen LogP contribution in [0.3, 0.4) is 0 Å². The minimum atomic E-state index is -0.644. The van der Waals surface area contributed by atoms with E-state index in [0.29, 0.717) is 22.7 Å². The first-order chi connectivity index (χ1) is 8.40. The molecular formula is C15H20BrFO. The van der Waals surface area contributed by atoms with Crippen LogP contribution in [0.25, 0.3) is 0 Å². The molecule has 0 radical (unpaired) electrons. The predicted molar refractivity (Wildman–Crippen MR) is 74.9 cm³/mol. The fourth-order valence-corrected chi connectivity index (χ4v) is 3.39. The van der Waals surface area contributed by atoms with Gasteiger partial charge in [0, 0.05) is 6.42 Å². The number of hydrogen-bond donors (Lipinski definition) is 1. The SMILES string of the molecule is CC1CCC(C)C(O)(Cc2ccc(F)c(Br)c2)C1. The lowest BCUT2D eigenvalue weighted by atomic mass is 9.69. The Morgan fingerprint density at radius 2 is 2.11 bits per heavy atom. The molecule has 0 heterocycles. The summed E-state index contributed by atoms with van der Waals surface area (Å²) in [6, 6.07) is 5.00. The zero-order chi connectivity index (χ0) is 13.3. The van der Waals surface area contributed by atoms with Crippen LogP contribution in [0, 0.1) is 17.7 Å². The zero-order valence-corrected chi connectivity index (χ0v) is 12.5. The van der Waals surface area contributed by atoms with Crippen molar-refractivity contribution in [2.75, 3.05) is 0 Å². The molecule has 1 aliphatic carbocycles. The van der Waals surface area contributed by atoms with E-state index in [2.05, 4.69) is 29.8 Å². The molecule has 2 rings (SSSR count). The van der Waals surface area contributed by atoms with Gasteiger partial charge in [-0.15, -0.1) is 0 Å². The van der Waals surface area contributed by atoms with E-state index in [1.807, 2.05) is 0 Å². The molecule has 1 fully saturated rings. The molecule has 1 N–H and O–H groups in total. The maximum Gasteiger partial charge on any atom is 0.137 e. The van der Waals surface area contributed by atoms with Gasteiger partial charge in [0.05, 0.1) is 10.1 Å². The van der Waals surface area contributed by atoms with E-state index >= 15 is 0 Å². The monoisotopic (exact) mass is 314 g/mol. The van der Waals surface area contributed by atoms with Crippen molar-refractivity contribution >= 4 is 15.9 Å². The molecule has 0 aromatic heterocycles. The molecule has 0 aliphatic heterocycles.